The molecule has 1 rings (SSSR count). The van der Waals surface area contributed by atoms with Crippen molar-refractivity contribution in [2.45, 2.75) is 47.3 Å². The molecule has 4 nitrogen and oxygen atoms in total. The molecule has 16 heavy (non-hydrogen) atoms. The first-order valence-electron chi connectivity index (χ1n) is 5.61. The molecule has 1 aliphatic rings. The second kappa shape index (κ2) is 3.75. The first kappa shape index (κ1) is 13.0. The number of esters is 2. The molecule has 0 aromatic heterocycles. The zero-order chi connectivity index (χ0) is 12.7. The van der Waals surface area contributed by atoms with Crippen LogP contribution in [0.1, 0.15) is 41.5 Å². The van der Waals surface area contributed by atoms with Gasteiger partial charge in [0.05, 0.1) is 0 Å². The third-order valence-corrected chi connectivity index (χ3v) is 3.13. The number of carbonyl (C=O) groups excluding carboxylic acids is 2. The van der Waals surface area contributed by atoms with Crippen LogP contribution in [0.15, 0.2) is 0 Å². The maximum Gasteiger partial charge on any atom is 0.326 e. The maximum atomic E-state index is 11.8. The Bertz CT molecular complexity index is 285. The van der Waals surface area contributed by atoms with E-state index in [-0.39, 0.29) is 11.8 Å². The molecule has 0 N–H and O–H groups in total. The number of hydrogen-bond donors (Lipinski definition) is 0. The molecule has 0 aromatic carbocycles. The van der Waals surface area contributed by atoms with Gasteiger partial charge in [-0.3, -0.25) is 9.59 Å². The minimum absolute atomic E-state index is 0.0727. The average molecular weight is 228 g/mol. The quantitative estimate of drug-likeness (QED) is 0.536. The van der Waals surface area contributed by atoms with Crippen LogP contribution in [-0.4, -0.2) is 17.7 Å². The monoisotopic (exact) mass is 228 g/mol. The lowest BCUT2D eigenvalue weighted by atomic mass is 9.86. The van der Waals surface area contributed by atoms with Crippen molar-refractivity contribution in [3.05, 3.63) is 0 Å². The van der Waals surface area contributed by atoms with Gasteiger partial charge in [-0.05, 0) is 13.8 Å². The summed E-state index contributed by atoms with van der Waals surface area (Å²) in [5.41, 5.74) is -1.20. The van der Waals surface area contributed by atoms with E-state index < -0.39 is 23.1 Å². The average Bonchev–Trinajstić information content (AvgIpc) is 2.13. The van der Waals surface area contributed by atoms with E-state index in [4.69, 9.17) is 9.47 Å². The number of hydrogen-bond acceptors (Lipinski definition) is 4. The van der Waals surface area contributed by atoms with Crippen molar-refractivity contribution in [3.63, 3.8) is 0 Å². The fourth-order valence-electron chi connectivity index (χ4n) is 1.79. The van der Waals surface area contributed by atoms with Gasteiger partial charge in [0.15, 0.2) is 5.41 Å². The maximum absolute atomic E-state index is 11.8. The van der Waals surface area contributed by atoms with Gasteiger partial charge in [0.2, 0.25) is 0 Å². The Morgan fingerprint density at radius 3 is 1.44 bits per heavy atom. The Morgan fingerprint density at radius 2 is 1.19 bits per heavy atom. The topological polar surface area (TPSA) is 52.6 Å². The highest BCUT2D eigenvalue weighted by Gasteiger charge is 2.56. The molecule has 0 unspecified atom stereocenters. The zero-order valence-electron chi connectivity index (χ0n) is 10.8. The van der Waals surface area contributed by atoms with Gasteiger partial charge in [-0.25, -0.2) is 0 Å². The first-order chi connectivity index (χ1) is 7.14. The Balaban J connectivity index is 3.12. The molecule has 1 heterocycles. The molecule has 0 amide bonds. The summed E-state index contributed by atoms with van der Waals surface area (Å²) in [6.45, 7) is 10.5. The van der Waals surface area contributed by atoms with Gasteiger partial charge in [-0.1, -0.05) is 27.7 Å². The van der Waals surface area contributed by atoms with E-state index in [1.807, 2.05) is 27.7 Å². The van der Waals surface area contributed by atoms with E-state index in [2.05, 4.69) is 0 Å². The summed E-state index contributed by atoms with van der Waals surface area (Å²) < 4.78 is 10.8. The van der Waals surface area contributed by atoms with Crippen LogP contribution in [0.2, 0.25) is 0 Å². The molecule has 0 spiro atoms. The SMILES string of the molecule is CC(C)C1(C(C)C)OC(=O)C(C)(C)C(=O)O1. The summed E-state index contributed by atoms with van der Waals surface area (Å²) in [6, 6.07) is 0. The molecule has 4 heteroatoms. The molecule has 0 radical (unpaired) electrons. The Hall–Kier alpha value is -1.06. The predicted octanol–water partition coefficient (Wildman–Crippen LogP) is 2.12. The molecule has 0 aromatic rings. The molecule has 0 bridgehead atoms. The van der Waals surface area contributed by atoms with Gasteiger partial charge in [-0.2, -0.15) is 0 Å². The van der Waals surface area contributed by atoms with E-state index >= 15 is 0 Å². The third-order valence-electron chi connectivity index (χ3n) is 3.13. The molecule has 0 saturated carbocycles. The second-order valence-corrected chi connectivity index (χ2v) is 5.43. The van der Waals surface area contributed by atoms with Crippen molar-refractivity contribution in [2.75, 3.05) is 0 Å². The van der Waals surface area contributed by atoms with Crippen molar-refractivity contribution in [3.8, 4) is 0 Å². The lowest BCUT2D eigenvalue weighted by Gasteiger charge is -2.45. The molecule has 92 valence electrons. The summed E-state index contributed by atoms with van der Waals surface area (Å²) >= 11 is 0. The fourth-order valence-corrected chi connectivity index (χ4v) is 1.79. The van der Waals surface area contributed by atoms with Gasteiger partial charge in [0.1, 0.15) is 0 Å². The van der Waals surface area contributed by atoms with Gasteiger partial charge in [-0.15, -0.1) is 0 Å². The van der Waals surface area contributed by atoms with Crippen molar-refractivity contribution >= 4 is 11.9 Å². The van der Waals surface area contributed by atoms with Gasteiger partial charge < -0.3 is 9.47 Å². The largest absolute Gasteiger partial charge is 0.421 e. The predicted molar refractivity (Wildman–Crippen MR) is 58.4 cm³/mol. The number of rotatable bonds is 2. The molecular formula is C12H20O4. The van der Waals surface area contributed by atoms with Crippen molar-refractivity contribution in [2.24, 2.45) is 17.3 Å². The van der Waals surface area contributed by atoms with Crippen molar-refractivity contribution in [1.82, 2.24) is 0 Å². The summed E-state index contributed by atoms with van der Waals surface area (Å²) in [5.74, 6) is -2.28. The van der Waals surface area contributed by atoms with Gasteiger partial charge in [0.25, 0.3) is 5.79 Å². The van der Waals surface area contributed by atoms with Crippen LogP contribution in [0.3, 0.4) is 0 Å². The number of carbonyl (C=O) groups is 2. The minimum Gasteiger partial charge on any atom is -0.421 e. The molecule has 1 saturated heterocycles. The molecule has 0 atom stereocenters. The number of ether oxygens (including phenoxy) is 2. The highest BCUT2D eigenvalue weighted by Crippen LogP contribution is 2.40. The van der Waals surface area contributed by atoms with Crippen LogP contribution in [-0.2, 0) is 19.1 Å². The minimum atomic E-state index is -1.20. The lowest BCUT2D eigenvalue weighted by Crippen LogP contribution is -2.58. The normalized spacial score (nSPS) is 23.2. The Morgan fingerprint density at radius 1 is 0.875 bits per heavy atom. The van der Waals surface area contributed by atoms with E-state index in [1.54, 1.807) is 0 Å². The summed E-state index contributed by atoms with van der Waals surface area (Å²) in [4.78, 5) is 23.7. The lowest BCUT2D eigenvalue weighted by molar-refractivity contribution is -0.289. The van der Waals surface area contributed by atoms with Crippen LogP contribution in [0.5, 0.6) is 0 Å². The van der Waals surface area contributed by atoms with Crippen LogP contribution in [0.4, 0.5) is 0 Å². The van der Waals surface area contributed by atoms with Gasteiger partial charge in [0, 0.05) is 11.8 Å². The highest BCUT2D eigenvalue weighted by atomic mass is 16.7. The molecule has 0 aliphatic carbocycles. The Kier molecular flexibility index (Phi) is 3.05. The highest BCUT2D eigenvalue weighted by molar-refractivity contribution is 6.00. The van der Waals surface area contributed by atoms with Crippen LogP contribution in [0.25, 0.3) is 0 Å². The van der Waals surface area contributed by atoms with Crippen LogP contribution in [0, 0.1) is 17.3 Å². The summed E-state index contributed by atoms with van der Waals surface area (Å²) in [7, 11) is 0. The summed E-state index contributed by atoms with van der Waals surface area (Å²) in [6.07, 6.45) is 0. The number of cyclic esters (lactones) is 2. The molecule has 1 fully saturated rings. The fraction of sp³-hybridized carbons (Fsp3) is 0.833. The third kappa shape index (κ3) is 1.70. The standard InChI is InChI=1S/C12H20O4/c1-7(2)12(8(3)4)15-9(13)11(5,6)10(14)16-12/h7-8H,1-6H3. The van der Waals surface area contributed by atoms with E-state index in [9.17, 15) is 9.59 Å². The van der Waals surface area contributed by atoms with Crippen LogP contribution >= 0.6 is 0 Å². The molecular weight excluding hydrogens is 208 g/mol. The summed E-state index contributed by atoms with van der Waals surface area (Å²) in [5, 5.41) is 0. The van der Waals surface area contributed by atoms with Crippen molar-refractivity contribution < 1.29 is 19.1 Å². The first-order valence-corrected chi connectivity index (χ1v) is 5.61. The van der Waals surface area contributed by atoms with Crippen molar-refractivity contribution in [1.29, 1.82) is 0 Å². The Labute approximate surface area is 96.3 Å². The van der Waals surface area contributed by atoms with E-state index in [1.165, 1.54) is 13.8 Å². The second-order valence-electron chi connectivity index (χ2n) is 5.43. The smallest absolute Gasteiger partial charge is 0.326 e. The van der Waals surface area contributed by atoms with Crippen LogP contribution < -0.4 is 0 Å². The molecule has 1 aliphatic heterocycles. The van der Waals surface area contributed by atoms with E-state index in [0.717, 1.165) is 0 Å². The van der Waals surface area contributed by atoms with E-state index in [0.29, 0.717) is 0 Å². The van der Waals surface area contributed by atoms with Gasteiger partial charge >= 0.3 is 11.9 Å². The zero-order valence-corrected chi connectivity index (χ0v) is 10.8.